The van der Waals surface area contributed by atoms with E-state index in [-0.39, 0.29) is 23.3 Å². The number of hydrogen-bond donors (Lipinski definition) is 6. The number of ether oxygens (including phenoxy) is 6. The van der Waals surface area contributed by atoms with Crippen LogP contribution in [0.1, 0.15) is 78.8 Å². The standard InChI is InChI=1S/C18H25NO3.C18H23NO3.C18H21NO3/c3*1-21-14-4-5-15-13(11-14)7-8-19-16(15)9-12-3-6-18(22-2)17(20)10-12/h3,6,10,14,16,19-20H,4-5,7-9,11H2,1-2H3;3-4,6,10,16,19-20H,5,7-9,11H2,1-2H3;3-6,10-11,16,19-20H,7-9H2,1-2H3. The number of nitrogens with one attached hydrogen (secondary N) is 3. The van der Waals surface area contributed by atoms with Crippen LogP contribution in [-0.2, 0) is 35.2 Å². The topological polar surface area (TPSA) is 152 Å². The monoisotopic (exact) mass is 904 g/mol. The minimum Gasteiger partial charge on any atom is -0.504 e. The van der Waals surface area contributed by atoms with Crippen molar-refractivity contribution in [3.8, 4) is 40.2 Å². The van der Waals surface area contributed by atoms with Gasteiger partial charge in [-0.05, 0) is 172 Å². The zero-order chi connectivity index (χ0) is 46.6. The maximum atomic E-state index is 9.95. The van der Waals surface area contributed by atoms with E-state index in [1.807, 2.05) is 55.6 Å². The van der Waals surface area contributed by atoms with Gasteiger partial charge in [-0.2, -0.15) is 0 Å². The maximum absolute atomic E-state index is 9.95. The minimum atomic E-state index is 0.186. The Bertz CT molecular complexity index is 2300. The number of fused-ring (bicyclic) bond motifs is 1. The summed E-state index contributed by atoms with van der Waals surface area (Å²) < 4.78 is 31.5. The molecular weight excluding hydrogens is 835 g/mol. The van der Waals surface area contributed by atoms with E-state index in [1.54, 1.807) is 58.8 Å². The Labute approximate surface area is 390 Å². The quantitative estimate of drug-likeness (QED) is 0.0756. The lowest BCUT2D eigenvalue weighted by atomic mass is 9.80. The summed E-state index contributed by atoms with van der Waals surface area (Å²) in [6.45, 7) is 2.98. The van der Waals surface area contributed by atoms with Crippen LogP contribution in [0.25, 0.3) is 0 Å². The first kappa shape index (κ1) is 48.3. The molecule has 12 nitrogen and oxygen atoms in total. The molecule has 66 heavy (non-hydrogen) atoms. The summed E-state index contributed by atoms with van der Waals surface area (Å²) >= 11 is 0. The number of benzene rings is 4. The third-order valence-electron chi connectivity index (χ3n) is 13.7. The van der Waals surface area contributed by atoms with Crippen molar-refractivity contribution in [1.82, 2.24) is 16.0 Å². The van der Waals surface area contributed by atoms with Crippen molar-refractivity contribution in [3.05, 3.63) is 135 Å². The molecule has 6 N–H and O–H groups in total. The van der Waals surface area contributed by atoms with E-state index < -0.39 is 0 Å². The number of methoxy groups -OCH3 is 6. The lowest BCUT2D eigenvalue weighted by Gasteiger charge is -2.35. The second kappa shape index (κ2) is 23.2. The first-order chi connectivity index (χ1) is 32.1. The van der Waals surface area contributed by atoms with Gasteiger partial charge in [-0.15, -0.1) is 0 Å². The van der Waals surface area contributed by atoms with Gasteiger partial charge in [0, 0.05) is 31.7 Å². The fourth-order valence-corrected chi connectivity index (χ4v) is 10.1. The molecule has 3 aliphatic heterocycles. The predicted molar refractivity (Wildman–Crippen MR) is 258 cm³/mol. The fraction of sp³-hybridized carbons (Fsp3) is 0.444. The van der Waals surface area contributed by atoms with Crippen LogP contribution in [0.15, 0.2) is 107 Å². The molecule has 0 spiro atoms. The van der Waals surface area contributed by atoms with Crippen molar-refractivity contribution in [2.75, 3.05) is 62.3 Å². The zero-order valence-corrected chi connectivity index (χ0v) is 39.5. The molecule has 0 radical (unpaired) electrons. The summed E-state index contributed by atoms with van der Waals surface area (Å²) in [5, 5.41) is 40.6. The van der Waals surface area contributed by atoms with E-state index in [0.29, 0.717) is 35.4 Å². The largest absolute Gasteiger partial charge is 0.504 e. The second-order valence-corrected chi connectivity index (χ2v) is 17.6. The van der Waals surface area contributed by atoms with E-state index in [1.165, 1.54) is 22.3 Å². The van der Waals surface area contributed by atoms with Crippen molar-refractivity contribution in [2.24, 2.45) is 0 Å². The average Bonchev–Trinajstić information content (AvgIpc) is 3.34. The smallest absolute Gasteiger partial charge is 0.160 e. The van der Waals surface area contributed by atoms with Gasteiger partial charge in [0.05, 0.1) is 47.4 Å². The molecular formula is C54H69N3O9. The van der Waals surface area contributed by atoms with E-state index in [9.17, 15) is 15.3 Å². The van der Waals surface area contributed by atoms with Crippen molar-refractivity contribution in [3.63, 3.8) is 0 Å². The summed E-state index contributed by atoms with van der Waals surface area (Å²) in [5.41, 5.74) is 12.1. The van der Waals surface area contributed by atoms with Gasteiger partial charge in [0.1, 0.15) is 5.75 Å². The molecule has 4 atom stereocenters. The highest BCUT2D eigenvalue weighted by Crippen LogP contribution is 2.37. The van der Waals surface area contributed by atoms with Gasteiger partial charge in [0.25, 0.3) is 0 Å². The van der Waals surface area contributed by atoms with E-state index in [2.05, 4.69) is 34.2 Å². The summed E-state index contributed by atoms with van der Waals surface area (Å²) in [5.74, 6) is 4.15. The molecule has 2 aliphatic carbocycles. The van der Waals surface area contributed by atoms with Crippen molar-refractivity contribution in [1.29, 1.82) is 0 Å². The van der Waals surface area contributed by atoms with Crippen LogP contribution in [-0.4, -0.2) is 95.8 Å². The van der Waals surface area contributed by atoms with Crippen molar-refractivity contribution >= 4 is 0 Å². The number of aromatic hydroxyl groups is 3. The lowest BCUT2D eigenvalue weighted by molar-refractivity contribution is 0.0881. The number of allylic oxidation sites excluding steroid dienone is 2. The Morgan fingerprint density at radius 2 is 1.06 bits per heavy atom. The van der Waals surface area contributed by atoms with Crippen LogP contribution < -0.4 is 34.9 Å². The molecule has 0 bridgehead atoms. The Hall–Kier alpha value is -5.66. The highest BCUT2D eigenvalue weighted by Gasteiger charge is 2.29. The van der Waals surface area contributed by atoms with Gasteiger partial charge in [-0.25, -0.2) is 0 Å². The predicted octanol–water partition coefficient (Wildman–Crippen LogP) is 8.57. The summed E-state index contributed by atoms with van der Waals surface area (Å²) in [4.78, 5) is 0. The number of phenolic OH excluding ortho intramolecular Hbond substituents is 3. The average molecular weight is 904 g/mol. The summed E-state index contributed by atoms with van der Waals surface area (Å²) in [6.07, 6.45) is 13.7. The van der Waals surface area contributed by atoms with Crippen LogP contribution in [0.2, 0.25) is 0 Å². The Balaban J connectivity index is 0.000000147. The van der Waals surface area contributed by atoms with Crippen molar-refractivity contribution in [2.45, 2.75) is 94.9 Å². The maximum Gasteiger partial charge on any atom is 0.160 e. The molecule has 12 heteroatoms. The Morgan fingerprint density at radius 3 is 1.59 bits per heavy atom. The van der Waals surface area contributed by atoms with E-state index in [0.717, 1.165) is 118 Å². The molecule has 9 rings (SSSR count). The number of rotatable bonds is 12. The van der Waals surface area contributed by atoms with Gasteiger partial charge in [-0.1, -0.05) is 41.0 Å². The lowest BCUT2D eigenvalue weighted by Crippen LogP contribution is -2.40. The zero-order valence-electron chi connectivity index (χ0n) is 39.5. The molecule has 3 heterocycles. The summed E-state index contributed by atoms with van der Waals surface area (Å²) in [7, 11) is 9.95. The molecule has 5 aliphatic rings. The van der Waals surface area contributed by atoms with Gasteiger partial charge in [-0.3, -0.25) is 0 Å². The highest BCUT2D eigenvalue weighted by molar-refractivity contribution is 5.46. The molecule has 0 saturated carbocycles. The van der Waals surface area contributed by atoms with E-state index in [4.69, 9.17) is 28.4 Å². The SMILES string of the molecule is COC1=CCC2=C(CCNC2Cc2ccc(OC)c(O)c2)C1.COc1ccc(CC2NCCC3=C2CCC(OC)C3)cc1O.COc1ccc2c(c1)CCNC2Cc1ccc(OC)c(O)c1. The first-order valence-corrected chi connectivity index (χ1v) is 23.2. The first-order valence-electron chi connectivity index (χ1n) is 23.2. The molecule has 354 valence electrons. The van der Waals surface area contributed by atoms with Crippen molar-refractivity contribution < 1.29 is 43.7 Å². The second-order valence-electron chi connectivity index (χ2n) is 17.6. The van der Waals surface area contributed by atoms with Gasteiger partial charge in [0.15, 0.2) is 34.5 Å². The molecule has 4 aromatic carbocycles. The van der Waals surface area contributed by atoms with Gasteiger partial charge < -0.3 is 59.7 Å². The van der Waals surface area contributed by atoms with Gasteiger partial charge >= 0.3 is 0 Å². The molecule has 0 aromatic heterocycles. The van der Waals surface area contributed by atoms with Crippen LogP contribution in [0, 0.1) is 0 Å². The third-order valence-corrected chi connectivity index (χ3v) is 13.7. The van der Waals surface area contributed by atoms with Crippen LogP contribution in [0.4, 0.5) is 0 Å². The Kier molecular flexibility index (Phi) is 17.0. The molecule has 4 aromatic rings. The fourth-order valence-electron chi connectivity index (χ4n) is 10.1. The molecule has 0 saturated heterocycles. The number of hydrogen-bond acceptors (Lipinski definition) is 12. The third kappa shape index (κ3) is 12.0. The van der Waals surface area contributed by atoms with E-state index >= 15 is 0 Å². The van der Waals surface area contributed by atoms with Crippen LogP contribution >= 0.6 is 0 Å². The molecule has 4 unspecified atom stereocenters. The Morgan fingerprint density at radius 1 is 0.530 bits per heavy atom. The molecule has 0 fully saturated rings. The van der Waals surface area contributed by atoms with Crippen LogP contribution in [0.5, 0.6) is 40.2 Å². The normalized spacial score (nSPS) is 21.0. The highest BCUT2D eigenvalue weighted by atomic mass is 16.5. The minimum absolute atomic E-state index is 0.186. The summed E-state index contributed by atoms with van der Waals surface area (Å²) in [6, 6.07) is 24.2. The van der Waals surface area contributed by atoms with Gasteiger partial charge in [0.2, 0.25) is 0 Å². The molecule has 0 amide bonds. The van der Waals surface area contributed by atoms with Crippen LogP contribution in [0.3, 0.4) is 0 Å². The number of phenols is 3.